The first-order chi connectivity index (χ1) is 8.50. The van der Waals surface area contributed by atoms with Gasteiger partial charge in [0.25, 0.3) is 0 Å². The average Bonchev–Trinajstić information content (AvgIpc) is 2.36. The Morgan fingerprint density at radius 1 is 1.44 bits per heavy atom. The Hall–Kier alpha value is -1.20. The number of benzene rings is 1. The fourth-order valence-electron chi connectivity index (χ4n) is 2.31. The van der Waals surface area contributed by atoms with Crippen LogP contribution in [-0.4, -0.2) is 29.9 Å². The summed E-state index contributed by atoms with van der Waals surface area (Å²) in [6, 6.07) is 3.68. The molecule has 1 aliphatic heterocycles. The molecule has 2 rings (SSSR count). The molecule has 18 heavy (non-hydrogen) atoms. The van der Waals surface area contributed by atoms with E-state index in [2.05, 4.69) is 6.92 Å². The van der Waals surface area contributed by atoms with Crippen LogP contribution in [0.2, 0.25) is 0 Å². The zero-order valence-corrected chi connectivity index (χ0v) is 11.1. The van der Waals surface area contributed by atoms with E-state index in [4.69, 9.17) is 9.47 Å². The van der Waals surface area contributed by atoms with E-state index in [1.54, 1.807) is 6.07 Å². The van der Waals surface area contributed by atoms with Crippen LogP contribution < -0.4 is 14.9 Å². The summed E-state index contributed by atoms with van der Waals surface area (Å²) >= 11 is 0. The van der Waals surface area contributed by atoms with Crippen molar-refractivity contribution in [1.29, 1.82) is 0 Å². The van der Waals surface area contributed by atoms with Gasteiger partial charge >= 0.3 is 7.12 Å². The van der Waals surface area contributed by atoms with Crippen LogP contribution in [0.5, 0.6) is 11.5 Å². The van der Waals surface area contributed by atoms with E-state index in [1.807, 2.05) is 13.0 Å². The molecule has 2 N–H and O–H groups in total. The normalized spacial score (nSPS) is 22.1. The lowest BCUT2D eigenvalue weighted by Crippen LogP contribution is -2.41. The van der Waals surface area contributed by atoms with Crippen LogP contribution in [0.4, 0.5) is 0 Å². The van der Waals surface area contributed by atoms with Gasteiger partial charge in [-0.3, -0.25) is 0 Å². The molecular weight excluding hydrogens is 231 g/mol. The number of methoxy groups -OCH3 is 1. The molecule has 0 radical (unpaired) electrons. The highest BCUT2D eigenvalue weighted by Crippen LogP contribution is 2.35. The highest BCUT2D eigenvalue weighted by molar-refractivity contribution is 6.61. The fraction of sp³-hybridized carbons (Fsp3) is 0.538. The third-order valence-corrected chi connectivity index (χ3v) is 3.74. The van der Waals surface area contributed by atoms with Crippen LogP contribution in [0.25, 0.3) is 0 Å². The molecule has 0 saturated carbocycles. The summed E-state index contributed by atoms with van der Waals surface area (Å²) in [5.74, 6) is 1.02. The van der Waals surface area contributed by atoms with Crippen molar-refractivity contribution >= 4 is 12.6 Å². The lowest BCUT2D eigenvalue weighted by molar-refractivity contribution is 0.0620. The minimum absolute atomic E-state index is 0.247. The Bertz CT molecular complexity index is 447. The summed E-state index contributed by atoms with van der Waals surface area (Å²) in [7, 11) is -0.0794. The second-order valence-electron chi connectivity index (χ2n) is 4.95. The van der Waals surface area contributed by atoms with Crippen LogP contribution in [0.15, 0.2) is 12.1 Å². The Balaban J connectivity index is 2.52. The molecule has 0 aromatic heterocycles. The van der Waals surface area contributed by atoms with Crippen molar-refractivity contribution in [3.8, 4) is 11.5 Å². The van der Waals surface area contributed by atoms with E-state index in [0.29, 0.717) is 17.0 Å². The van der Waals surface area contributed by atoms with E-state index in [0.717, 1.165) is 24.8 Å². The number of fused-ring (bicyclic) bond motifs is 1. The SMILES string of the molecule is CCC1(C)CCc2ccc(OC)c(B(O)O)c2O1. The average molecular weight is 250 g/mol. The number of hydrogen-bond acceptors (Lipinski definition) is 4. The summed E-state index contributed by atoms with van der Waals surface area (Å²) in [5, 5.41) is 19.1. The fourth-order valence-corrected chi connectivity index (χ4v) is 2.31. The molecule has 98 valence electrons. The van der Waals surface area contributed by atoms with Crippen molar-refractivity contribution in [2.45, 2.75) is 38.7 Å². The molecule has 1 aromatic carbocycles. The summed E-state index contributed by atoms with van der Waals surface area (Å²) in [4.78, 5) is 0. The third kappa shape index (κ3) is 2.20. The molecule has 0 aliphatic carbocycles. The number of hydrogen-bond donors (Lipinski definition) is 2. The van der Waals surface area contributed by atoms with Crippen LogP contribution in [0, 0.1) is 0 Å². The Kier molecular flexibility index (Phi) is 3.55. The van der Waals surface area contributed by atoms with Crippen molar-refractivity contribution < 1.29 is 19.5 Å². The van der Waals surface area contributed by atoms with Crippen molar-refractivity contribution in [1.82, 2.24) is 0 Å². The Labute approximate surface area is 108 Å². The van der Waals surface area contributed by atoms with E-state index >= 15 is 0 Å². The minimum Gasteiger partial charge on any atom is -0.497 e. The number of ether oxygens (including phenoxy) is 2. The molecule has 0 bridgehead atoms. The summed E-state index contributed by atoms with van der Waals surface area (Å²) in [5.41, 5.74) is 1.09. The van der Waals surface area contributed by atoms with Gasteiger partial charge in [-0.1, -0.05) is 13.0 Å². The van der Waals surface area contributed by atoms with Gasteiger partial charge in [0.05, 0.1) is 12.6 Å². The first-order valence-electron chi connectivity index (χ1n) is 6.25. The second kappa shape index (κ2) is 4.82. The summed E-state index contributed by atoms with van der Waals surface area (Å²) in [6.45, 7) is 4.11. The first-order valence-corrected chi connectivity index (χ1v) is 6.25. The largest absolute Gasteiger partial charge is 0.497 e. The highest BCUT2D eigenvalue weighted by atomic mass is 16.5. The molecule has 0 amide bonds. The standard InChI is InChI=1S/C13H19BO4/c1-4-13(2)8-7-9-5-6-10(17-3)11(14(15)16)12(9)18-13/h5-6,15-16H,4,7-8H2,1-3H3. The smallest absolute Gasteiger partial charge is 0.496 e. The van der Waals surface area contributed by atoms with Crippen LogP contribution in [0.3, 0.4) is 0 Å². The lowest BCUT2D eigenvalue weighted by Gasteiger charge is -2.36. The maximum absolute atomic E-state index is 9.53. The van der Waals surface area contributed by atoms with E-state index < -0.39 is 7.12 Å². The quantitative estimate of drug-likeness (QED) is 0.781. The number of rotatable bonds is 3. The van der Waals surface area contributed by atoms with Gasteiger partial charge in [0.15, 0.2) is 0 Å². The monoisotopic (exact) mass is 250 g/mol. The van der Waals surface area contributed by atoms with Gasteiger partial charge in [-0.2, -0.15) is 0 Å². The van der Waals surface area contributed by atoms with E-state index in [1.165, 1.54) is 7.11 Å². The molecule has 0 spiro atoms. The summed E-state index contributed by atoms with van der Waals surface area (Å²) < 4.78 is 11.2. The molecule has 1 aliphatic rings. The second-order valence-corrected chi connectivity index (χ2v) is 4.95. The molecule has 5 heteroatoms. The van der Waals surface area contributed by atoms with Gasteiger partial charge < -0.3 is 19.5 Å². The van der Waals surface area contributed by atoms with Gasteiger partial charge in [0.1, 0.15) is 17.1 Å². The topological polar surface area (TPSA) is 58.9 Å². The molecule has 1 aromatic rings. The predicted octanol–water partition coefficient (Wildman–Crippen LogP) is 0.869. The zero-order valence-electron chi connectivity index (χ0n) is 11.1. The molecule has 0 saturated heterocycles. The summed E-state index contributed by atoms with van der Waals surface area (Å²) in [6.07, 6.45) is 2.69. The van der Waals surface area contributed by atoms with Crippen LogP contribution in [0.1, 0.15) is 32.3 Å². The molecular formula is C13H19BO4. The Morgan fingerprint density at radius 2 is 2.17 bits per heavy atom. The van der Waals surface area contributed by atoms with Gasteiger partial charge in [-0.05, 0) is 37.8 Å². The third-order valence-electron chi connectivity index (χ3n) is 3.74. The molecule has 4 nitrogen and oxygen atoms in total. The molecule has 0 fully saturated rings. The van der Waals surface area contributed by atoms with Crippen LogP contribution in [-0.2, 0) is 6.42 Å². The first kappa shape index (κ1) is 13.2. The van der Waals surface area contributed by atoms with Gasteiger partial charge in [-0.25, -0.2) is 0 Å². The van der Waals surface area contributed by atoms with E-state index in [-0.39, 0.29) is 5.60 Å². The van der Waals surface area contributed by atoms with Crippen LogP contribution >= 0.6 is 0 Å². The Morgan fingerprint density at radius 3 is 2.72 bits per heavy atom. The molecule has 1 heterocycles. The highest BCUT2D eigenvalue weighted by Gasteiger charge is 2.35. The van der Waals surface area contributed by atoms with Crippen molar-refractivity contribution in [2.75, 3.05) is 7.11 Å². The maximum atomic E-state index is 9.53. The van der Waals surface area contributed by atoms with Crippen molar-refractivity contribution in [3.63, 3.8) is 0 Å². The predicted molar refractivity (Wildman–Crippen MR) is 70.5 cm³/mol. The molecule has 1 unspecified atom stereocenters. The number of aryl methyl sites for hydroxylation is 1. The molecule has 1 atom stereocenters. The maximum Gasteiger partial charge on any atom is 0.496 e. The van der Waals surface area contributed by atoms with Gasteiger partial charge in [0, 0.05) is 0 Å². The lowest BCUT2D eigenvalue weighted by atomic mass is 9.75. The van der Waals surface area contributed by atoms with Gasteiger partial charge in [0.2, 0.25) is 0 Å². The van der Waals surface area contributed by atoms with E-state index in [9.17, 15) is 10.0 Å². The van der Waals surface area contributed by atoms with Crippen molar-refractivity contribution in [2.24, 2.45) is 0 Å². The van der Waals surface area contributed by atoms with Crippen molar-refractivity contribution in [3.05, 3.63) is 17.7 Å². The van der Waals surface area contributed by atoms with Gasteiger partial charge in [-0.15, -0.1) is 0 Å². The minimum atomic E-state index is -1.59. The zero-order chi connectivity index (χ0) is 13.3.